The highest BCUT2D eigenvalue weighted by Gasteiger charge is 2.39. The molecule has 8 heteroatoms. The van der Waals surface area contributed by atoms with Crippen molar-refractivity contribution in [2.24, 2.45) is 0 Å². The number of thioether (sulfide) groups is 1. The molecular weight excluding hydrogens is 399 g/mol. The summed E-state index contributed by atoms with van der Waals surface area (Å²) in [6.07, 6.45) is -1.54. The third-order valence-corrected chi connectivity index (χ3v) is 5.85. The van der Waals surface area contributed by atoms with E-state index in [2.05, 4.69) is 24.3 Å². The van der Waals surface area contributed by atoms with Crippen LogP contribution in [0.1, 0.15) is 49.2 Å². The lowest BCUT2D eigenvalue weighted by molar-refractivity contribution is -0.142. The fraction of sp³-hybridized carbons (Fsp3) is 0.524. The number of aromatic nitrogens is 2. The van der Waals surface area contributed by atoms with E-state index in [1.165, 1.54) is 4.68 Å². The summed E-state index contributed by atoms with van der Waals surface area (Å²) in [4.78, 5) is 13.4. The Bertz CT molecular complexity index is 844. The molecule has 1 heterocycles. The monoisotopic (exact) mass is 425 g/mol. The molecule has 158 valence electrons. The number of nitrogens with one attached hydrogen (secondary N) is 1. The maximum absolute atomic E-state index is 13.2. The first-order valence-corrected chi connectivity index (χ1v) is 10.8. The van der Waals surface area contributed by atoms with E-state index in [9.17, 15) is 18.0 Å². The van der Waals surface area contributed by atoms with E-state index in [4.69, 9.17) is 0 Å². The van der Waals surface area contributed by atoms with Gasteiger partial charge in [0, 0.05) is 27.9 Å². The van der Waals surface area contributed by atoms with Crippen LogP contribution in [0.3, 0.4) is 0 Å². The number of carbonyl (C=O) groups is 1. The molecule has 2 aromatic rings. The molecule has 0 aliphatic heterocycles. The SMILES string of the molecule is CC(C)Sc1ccc(CC(=O)NCCn2nc(C(F)(F)F)c3c2CCCC3)cc1. The standard InChI is InChI=1S/C21H26F3N3OS/c1-14(2)29-16-9-7-15(8-10-16)13-19(28)25-11-12-27-18-6-4-3-5-17(18)20(26-27)21(22,23)24/h7-10,14H,3-6,11-13H2,1-2H3,(H,25,28). The summed E-state index contributed by atoms with van der Waals surface area (Å²) in [6, 6.07) is 7.87. The van der Waals surface area contributed by atoms with Gasteiger partial charge in [-0.1, -0.05) is 26.0 Å². The number of benzene rings is 1. The van der Waals surface area contributed by atoms with Gasteiger partial charge in [0.25, 0.3) is 0 Å². The molecule has 3 rings (SSSR count). The number of alkyl halides is 3. The van der Waals surface area contributed by atoms with E-state index in [-0.39, 0.29) is 25.4 Å². The number of hydrogen-bond donors (Lipinski definition) is 1. The molecule has 0 fully saturated rings. The lowest BCUT2D eigenvalue weighted by Crippen LogP contribution is -2.29. The molecule has 1 N–H and O–H groups in total. The summed E-state index contributed by atoms with van der Waals surface area (Å²) >= 11 is 1.76. The highest BCUT2D eigenvalue weighted by molar-refractivity contribution is 7.99. The minimum atomic E-state index is -4.43. The van der Waals surface area contributed by atoms with E-state index in [0.29, 0.717) is 29.3 Å². The highest BCUT2D eigenvalue weighted by atomic mass is 32.2. The Morgan fingerprint density at radius 3 is 2.55 bits per heavy atom. The van der Waals surface area contributed by atoms with Gasteiger partial charge < -0.3 is 5.32 Å². The van der Waals surface area contributed by atoms with E-state index in [0.717, 1.165) is 23.3 Å². The molecule has 1 aliphatic carbocycles. The van der Waals surface area contributed by atoms with E-state index < -0.39 is 11.9 Å². The van der Waals surface area contributed by atoms with Crippen molar-refractivity contribution >= 4 is 17.7 Å². The number of halogens is 3. The summed E-state index contributed by atoms with van der Waals surface area (Å²) in [5, 5.41) is 7.11. The second-order valence-electron chi connectivity index (χ2n) is 7.54. The quantitative estimate of drug-likeness (QED) is 0.658. The lowest BCUT2D eigenvalue weighted by Gasteiger charge is -2.15. The first kappa shape index (κ1) is 21.7. The van der Waals surface area contributed by atoms with E-state index in [1.54, 1.807) is 11.8 Å². The topological polar surface area (TPSA) is 46.9 Å². The van der Waals surface area contributed by atoms with Crippen molar-refractivity contribution in [2.45, 2.75) is 68.8 Å². The summed E-state index contributed by atoms with van der Waals surface area (Å²) in [7, 11) is 0. The lowest BCUT2D eigenvalue weighted by atomic mass is 9.95. The van der Waals surface area contributed by atoms with Crippen LogP contribution in [0.25, 0.3) is 0 Å². The van der Waals surface area contributed by atoms with Gasteiger partial charge in [-0.25, -0.2) is 0 Å². The van der Waals surface area contributed by atoms with Crippen molar-refractivity contribution < 1.29 is 18.0 Å². The van der Waals surface area contributed by atoms with Crippen molar-refractivity contribution in [3.63, 3.8) is 0 Å². The molecule has 0 bridgehead atoms. The number of nitrogens with zero attached hydrogens (tertiary/aromatic N) is 2. The number of carbonyl (C=O) groups excluding carboxylic acids is 1. The van der Waals surface area contributed by atoms with Gasteiger partial charge in [-0.05, 0) is 43.4 Å². The summed E-state index contributed by atoms with van der Waals surface area (Å²) in [5.74, 6) is -0.147. The van der Waals surface area contributed by atoms with Gasteiger partial charge in [0.2, 0.25) is 5.91 Å². The van der Waals surface area contributed by atoms with E-state index >= 15 is 0 Å². The third kappa shape index (κ3) is 5.78. The van der Waals surface area contributed by atoms with Gasteiger partial charge in [0.05, 0.1) is 13.0 Å². The fourth-order valence-electron chi connectivity index (χ4n) is 3.59. The highest BCUT2D eigenvalue weighted by Crippen LogP contribution is 2.35. The zero-order valence-electron chi connectivity index (χ0n) is 16.7. The molecule has 1 amide bonds. The molecule has 0 saturated carbocycles. The van der Waals surface area contributed by atoms with Gasteiger partial charge in [-0.2, -0.15) is 18.3 Å². The number of amides is 1. The average molecular weight is 426 g/mol. The minimum absolute atomic E-state index is 0.147. The Kier molecular flexibility index (Phi) is 6.93. The molecule has 4 nitrogen and oxygen atoms in total. The first-order valence-electron chi connectivity index (χ1n) is 9.92. The summed E-state index contributed by atoms with van der Waals surface area (Å²) in [5.41, 5.74) is 1.13. The molecule has 0 unspecified atom stereocenters. The molecule has 0 atom stereocenters. The maximum atomic E-state index is 13.2. The summed E-state index contributed by atoms with van der Waals surface area (Å²) in [6.45, 7) is 4.75. The first-order chi connectivity index (χ1) is 13.7. The Labute approximate surface area is 173 Å². The molecule has 0 saturated heterocycles. The van der Waals surface area contributed by atoms with Gasteiger partial charge in [0.1, 0.15) is 0 Å². The Morgan fingerprint density at radius 2 is 1.90 bits per heavy atom. The minimum Gasteiger partial charge on any atom is -0.354 e. The predicted molar refractivity (Wildman–Crippen MR) is 108 cm³/mol. The van der Waals surface area contributed by atoms with Crippen molar-refractivity contribution in [3.8, 4) is 0 Å². The number of rotatable bonds is 7. The fourth-order valence-corrected chi connectivity index (χ4v) is 4.43. The van der Waals surface area contributed by atoms with E-state index in [1.807, 2.05) is 24.3 Å². The second kappa shape index (κ2) is 9.24. The zero-order chi connectivity index (χ0) is 21.0. The number of hydrogen-bond acceptors (Lipinski definition) is 3. The van der Waals surface area contributed by atoms with Crippen LogP contribution in [-0.2, 0) is 36.8 Å². The van der Waals surface area contributed by atoms with Crippen molar-refractivity contribution in [2.75, 3.05) is 6.54 Å². The average Bonchev–Trinajstić information content (AvgIpc) is 3.02. The Hall–Kier alpha value is -1.96. The largest absolute Gasteiger partial charge is 0.435 e. The van der Waals surface area contributed by atoms with Gasteiger partial charge in [0.15, 0.2) is 5.69 Å². The van der Waals surface area contributed by atoms with Crippen LogP contribution < -0.4 is 5.32 Å². The molecule has 1 aliphatic rings. The third-order valence-electron chi connectivity index (χ3n) is 4.83. The molecule has 0 radical (unpaired) electrons. The van der Waals surface area contributed by atoms with Crippen LogP contribution in [0.5, 0.6) is 0 Å². The number of fused-ring (bicyclic) bond motifs is 1. The second-order valence-corrected chi connectivity index (χ2v) is 9.19. The molecule has 29 heavy (non-hydrogen) atoms. The van der Waals surface area contributed by atoms with Crippen molar-refractivity contribution in [3.05, 3.63) is 46.8 Å². The van der Waals surface area contributed by atoms with Gasteiger partial charge >= 0.3 is 6.18 Å². The normalized spacial score (nSPS) is 14.1. The molecule has 1 aromatic carbocycles. The van der Waals surface area contributed by atoms with Crippen LogP contribution in [-0.4, -0.2) is 27.5 Å². The van der Waals surface area contributed by atoms with Gasteiger partial charge in [-0.15, -0.1) is 11.8 Å². The molecule has 0 spiro atoms. The maximum Gasteiger partial charge on any atom is 0.435 e. The smallest absolute Gasteiger partial charge is 0.354 e. The zero-order valence-corrected chi connectivity index (χ0v) is 17.5. The van der Waals surface area contributed by atoms with Crippen LogP contribution in [0.4, 0.5) is 13.2 Å². The van der Waals surface area contributed by atoms with Crippen LogP contribution >= 0.6 is 11.8 Å². The predicted octanol–water partition coefficient (Wildman–Crippen LogP) is 4.64. The summed E-state index contributed by atoms with van der Waals surface area (Å²) < 4.78 is 41.1. The van der Waals surface area contributed by atoms with Gasteiger partial charge in [-0.3, -0.25) is 9.48 Å². The van der Waals surface area contributed by atoms with Crippen LogP contribution in [0, 0.1) is 0 Å². The van der Waals surface area contributed by atoms with Crippen molar-refractivity contribution in [1.82, 2.24) is 15.1 Å². The Morgan fingerprint density at radius 1 is 1.21 bits per heavy atom. The van der Waals surface area contributed by atoms with Crippen molar-refractivity contribution in [1.29, 1.82) is 0 Å². The van der Waals surface area contributed by atoms with Crippen LogP contribution in [0.15, 0.2) is 29.2 Å². The molecule has 1 aromatic heterocycles. The Balaban J connectivity index is 1.55. The molecular formula is C21H26F3N3OS. The van der Waals surface area contributed by atoms with Crippen LogP contribution in [0.2, 0.25) is 0 Å².